The molecule has 1 aromatic rings. The van der Waals surface area contributed by atoms with E-state index in [2.05, 4.69) is 39.9 Å². The normalized spacial score (nSPS) is 19.5. The van der Waals surface area contributed by atoms with E-state index in [1.165, 1.54) is 0 Å². The van der Waals surface area contributed by atoms with E-state index in [0.29, 0.717) is 12.2 Å². The van der Waals surface area contributed by atoms with Gasteiger partial charge in [-0.15, -0.1) is 0 Å². The van der Waals surface area contributed by atoms with Gasteiger partial charge in [0, 0.05) is 5.46 Å². The van der Waals surface area contributed by atoms with E-state index in [1.807, 2.05) is 45.9 Å². The van der Waals surface area contributed by atoms with Crippen LogP contribution in [0.2, 0.25) is 18.1 Å². The Morgan fingerprint density at radius 3 is 2.12 bits per heavy atom. The van der Waals surface area contributed by atoms with Crippen LogP contribution in [0.1, 0.15) is 59.6 Å². The first-order valence-electron chi connectivity index (χ1n) is 9.23. The molecule has 0 N–H and O–H groups in total. The van der Waals surface area contributed by atoms with E-state index in [4.69, 9.17) is 13.7 Å². The predicted molar refractivity (Wildman–Crippen MR) is 109 cm³/mol. The molecule has 2 rings (SSSR count). The van der Waals surface area contributed by atoms with Crippen LogP contribution < -0.4 is 5.46 Å². The quantitative estimate of drug-likeness (QED) is 0.735. The molecule has 0 radical (unpaired) electrons. The van der Waals surface area contributed by atoms with Crippen LogP contribution in [0.5, 0.6) is 0 Å². The van der Waals surface area contributed by atoms with Crippen LogP contribution in [0.3, 0.4) is 0 Å². The fourth-order valence-corrected chi connectivity index (χ4v) is 3.41. The zero-order chi connectivity index (χ0) is 20.0. The molecule has 1 aliphatic heterocycles. The topological polar surface area (TPSA) is 51.5 Å². The minimum Gasteiger partial charge on any atom is -0.413 e. The van der Waals surface area contributed by atoms with Crippen molar-refractivity contribution in [3.8, 4) is 6.07 Å². The van der Waals surface area contributed by atoms with Crippen LogP contribution in [0.15, 0.2) is 18.2 Å². The summed E-state index contributed by atoms with van der Waals surface area (Å²) in [5.41, 5.74) is 1.54. The fraction of sp³-hybridized carbons (Fsp3) is 0.650. The lowest BCUT2D eigenvalue weighted by atomic mass is 9.75. The maximum atomic E-state index is 9.51. The first-order valence-corrected chi connectivity index (χ1v) is 12.1. The summed E-state index contributed by atoms with van der Waals surface area (Å²) in [5.74, 6) is 0. The highest BCUT2D eigenvalue weighted by atomic mass is 28.4. The van der Waals surface area contributed by atoms with Crippen LogP contribution in [0.4, 0.5) is 0 Å². The molecule has 6 heteroatoms. The third kappa shape index (κ3) is 4.07. The Bertz CT molecular complexity index is 701. The fourth-order valence-electron chi connectivity index (χ4n) is 2.45. The largest absolute Gasteiger partial charge is 0.496 e. The van der Waals surface area contributed by atoms with Gasteiger partial charge in [0.15, 0.2) is 8.32 Å². The van der Waals surface area contributed by atoms with E-state index in [9.17, 15) is 5.26 Å². The standard InChI is InChI=1S/C20H32BNO3Si/c1-18(2,3)26(8,9)23-14-15-10-11-16(13-22)17(12-15)21-24-19(4,5)20(6,7)25-21/h10-12H,14H2,1-9H3. The summed E-state index contributed by atoms with van der Waals surface area (Å²) in [6.07, 6.45) is 0. The highest BCUT2D eigenvalue weighted by Crippen LogP contribution is 2.38. The van der Waals surface area contributed by atoms with Gasteiger partial charge in [0.1, 0.15) is 0 Å². The van der Waals surface area contributed by atoms with Gasteiger partial charge in [-0.05, 0) is 57.5 Å². The van der Waals surface area contributed by atoms with Gasteiger partial charge in [-0.2, -0.15) is 5.26 Å². The van der Waals surface area contributed by atoms with Crippen molar-refractivity contribution in [2.24, 2.45) is 0 Å². The Hall–Kier alpha value is -1.13. The second-order valence-corrected chi connectivity index (χ2v) is 14.5. The first-order chi connectivity index (χ1) is 11.7. The summed E-state index contributed by atoms with van der Waals surface area (Å²) in [6, 6.07) is 8.05. The average Bonchev–Trinajstić information content (AvgIpc) is 2.72. The SMILES string of the molecule is CC1(C)OB(c2cc(CO[Si](C)(C)C(C)(C)C)ccc2C#N)OC1(C)C. The molecule has 1 heterocycles. The van der Waals surface area contributed by atoms with E-state index < -0.39 is 26.6 Å². The molecular weight excluding hydrogens is 341 g/mol. The molecule has 142 valence electrons. The molecule has 0 amide bonds. The van der Waals surface area contributed by atoms with Crippen LogP contribution in [-0.4, -0.2) is 26.6 Å². The molecule has 0 atom stereocenters. The monoisotopic (exact) mass is 373 g/mol. The van der Waals surface area contributed by atoms with Crippen LogP contribution in [0.25, 0.3) is 0 Å². The summed E-state index contributed by atoms with van der Waals surface area (Å²) in [5, 5.41) is 9.67. The van der Waals surface area contributed by atoms with Crippen molar-refractivity contribution in [1.29, 1.82) is 5.26 Å². The number of nitrogens with zero attached hydrogens (tertiary/aromatic N) is 1. The summed E-state index contributed by atoms with van der Waals surface area (Å²) in [6.45, 7) is 19.8. The molecular formula is C20H32BNO3Si. The Kier molecular flexibility index (Phi) is 5.53. The molecule has 4 nitrogen and oxygen atoms in total. The number of hydrogen-bond acceptors (Lipinski definition) is 4. The van der Waals surface area contributed by atoms with Crippen molar-refractivity contribution < 1.29 is 13.7 Å². The molecule has 1 aromatic carbocycles. The molecule has 0 aliphatic carbocycles. The van der Waals surface area contributed by atoms with Gasteiger partial charge in [0.05, 0.1) is 29.4 Å². The van der Waals surface area contributed by atoms with Gasteiger partial charge in [0.2, 0.25) is 0 Å². The van der Waals surface area contributed by atoms with Gasteiger partial charge in [-0.25, -0.2) is 0 Å². The average molecular weight is 373 g/mol. The van der Waals surface area contributed by atoms with E-state index >= 15 is 0 Å². The number of benzene rings is 1. The maximum absolute atomic E-state index is 9.51. The maximum Gasteiger partial charge on any atom is 0.496 e. The molecule has 1 fully saturated rings. The number of nitriles is 1. The second kappa shape index (κ2) is 6.79. The molecule has 0 saturated carbocycles. The van der Waals surface area contributed by atoms with Crippen LogP contribution in [0, 0.1) is 11.3 Å². The zero-order valence-corrected chi connectivity index (χ0v) is 18.7. The van der Waals surface area contributed by atoms with Gasteiger partial charge in [-0.1, -0.05) is 32.9 Å². The highest BCUT2D eigenvalue weighted by Gasteiger charge is 2.52. The molecule has 0 aromatic heterocycles. The lowest BCUT2D eigenvalue weighted by Crippen LogP contribution is -2.41. The Morgan fingerprint density at radius 2 is 1.65 bits per heavy atom. The molecule has 1 saturated heterocycles. The van der Waals surface area contributed by atoms with Gasteiger partial charge in [0.25, 0.3) is 0 Å². The Morgan fingerprint density at radius 1 is 1.12 bits per heavy atom. The minimum atomic E-state index is -1.83. The number of rotatable bonds is 4. The highest BCUT2D eigenvalue weighted by molar-refractivity contribution is 6.74. The predicted octanol–water partition coefficient (Wildman–Crippen LogP) is 4.38. The van der Waals surface area contributed by atoms with E-state index in [-0.39, 0.29) is 5.04 Å². The summed E-state index contributed by atoms with van der Waals surface area (Å²) >= 11 is 0. The van der Waals surface area contributed by atoms with Gasteiger partial charge < -0.3 is 13.7 Å². The van der Waals surface area contributed by atoms with Crippen molar-refractivity contribution in [2.75, 3.05) is 0 Å². The molecule has 0 unspecified atom stereocenters. The molecule has 0 spiro atoms. The second-order valence-electron chi connectivity index (χ2n) is 9.67. The summed E-state index contributed by atoms with van der Waals surface area (Å²) < 4.78 is 18.6. The van der Waals surface area contributed by atoms with Gasteiger partial charge >= 0.3 is 7.12 Å². The van der Waals surface area contributed by atoms with Crippen LogP contribution >= 0.6 is 0 Å². The summed E-state index contributed by atoms with van der Waals surface area (Å²) in [7, 11) is -2.37. The minimum absolute atomic E-state index is 0.161. The van der Waals surface area contributed by atoms with Crippen molar-refractivity contribution >= 4 is 20.9 Å². The third-order valence-electron chi connectivity index (χ3n) is 6.15. The zero-order valence-electron chi connectivity index (χ0n) is 17.7. The molecule has 1 aliphatic rings. The summed E-state index contributed by atoms with van der Waals surface area (Å²) in [4.78, 5) is 0. The lowest BCUT2D eigenvalue weighted by molar-refractivity contribution is 0.00578. The van der Waals surface area contributed by atoms with Gasteiger partial charge in [-0.3, -0.25) is 0 Å². The Balaban J connectivity index is 2.27. The van der Waals surface area contributed by atoms with E-state index in [1.54, 1.807) is 0 Å². The smallest absolute Gasteiger partial charge is 0.413 e. The molecule has 0 bridgehead atoms. The van der Waals surface area contributed by atoms with Crippen molar-refractivity contribution in [3.63, 3.8) is 0 Å². The number of hydrogen-bond donors (Lipinski definition) is 0. The van der Waals surface area contributed by atoms with Crippen molar-refractivity contribution in [2.45, 2.75) is 84.4 Å². The molecule has 26 heavy (non-hydrogen) atoms. The van der Waals surface area contributed by atoms with E-state index in [0.717, 1.165) is 11.0 Å². The van der Waals surface area contributed by atoms with Crippen molar-refractivity contribution in [3.05, 3.63) is 29.3 Å². The lowest BCUT2D eigenvalue weighted by Gasteiger charge is -2.36. The third-order valence-corrected chi connectivity index (χ3v) is 10.6. The van der Waals surface area contributed by atoms with Crippen LogP contribution in [-0.2, 0) is 20.3 Å². The first kappa shape index (κ1) is 21.2. The van der Waals surface area contributed by atoms with Crippen molar-refractivity contribution in [1.82, 2.24) is 0 Å². The Labute approximate surface area is 160 Å².